The zero-order chi connectivity index (χ0) is 13.3. The molecule has 0 spiro atoms. The van der Waals surface area contributed by atoms with Crippen LogP contribution in [0.4, 0.5) is 14.5 Å². The van der Waals surface area contributed by atoms with E-state index >= 15 is 0 Å². The third-order valence-corrected chi connectivity index (χ3v) is 2.63. The summed E-state index contributed by atoms with van der Waals surface area (Å²) in [5.41, 5.74) is 6.61. The second-order valence-corrected chi connectivity index (χ2v) is 4.04. The van der Waals surface area contributed by atoms with Gasteiger partial charge < -0.3 is 5.73 Å². The number of benzene rings is 2. The van der Waals surface area contributed by atoms with Gasteiger partial charge in [-0.2, -0.15) is 0 Å². The van der Waals surface area contributed by atoms with E-state index in [0.29, 0.717) is 0 Å². The van der Waals surface area contributed by atoms with Gasteiger partial charge in [-0.05, 0) is 37.3 Å². The Balaban J connectivity index is 2.54. The van der Waals surface area contributed by atoms with Crippen molar-refractivity contribution < 1.29 is 13.6 Å². The monoisotopic (exact) mass is 247 g/mol. The van der Waals surface area contributed by atoms with Crippen LogP contribution in [0.1, 0.15) is 21.5 Å². The van der Waals surface area contributed by atoms with Crippen LogP contribution in [0.5, 0.6) is 0 Å². The normalized spacial score (nSPS) is 10.4. The summed E-state index contributed by atoms with van der Waals surface area (Å²) in [7, 11) is 0. The SMILES string of the molecule is Cc1ccc(N)c(C(=O)c2cc(F)ccc2F)c1. The predicted octanol–water partition coefficient (Wildman–Crippen LogP) is 3.09. The number of hydrogen-bond acceptors (Lipinski definition) is 2. The summed E-state index contributed by atoms with van der Waals surface area (Å²) in [6.07, 6.45) is 0. The molecule has 18 heavy (non-hydrogen) atoms. The lowest BCUT2D eigenvalue weighted by molar-refractivity contribution is 0.103. The Morgan fingerprint density at radius 2 is 1.78 bits per heavy atom. The third-order valence-electron chi connectivity index (χ3n) is 2.63. The molecule has 0 amide bonds. The first-order valence-corrected chi connectivity index (χ1v) is 5.35. The first kappa shape index (κ1) is 12.2. The number of carbonyl (C=O) groups is 1. The predicted molar refractivity (Wildman–Crippen MR) is 65.4 cm³/mol. The fraction of sp³-hybridized carbons (Fsp3) is 0.0714. The first-order chi connectivity index (χ1) is 8.49. The second kappa shape index (κ2) is 4.56. The van der Waals surface area contributed by atoms with Crippen LogP contribution >= 0.6 is 0 Å². The Hall–Kier alpha value is -2.23. The van der Waals surface area contributed by atoms with Gasteiger partial charge in [0, 0.05) is 11.3 Å². The molecule has 0 aliphatic carbocycles. The highest BCUT2D eigenvalue weighted by atomic mass is 19.1. The molecule has 0 aliphatic heterocycles. The van der Waals surface area contributed by atoms with E-state index in [2.05, 4.69) is 0 Å². The molecule has 0 bridgehead atoms. The number of rotatable bonds is 2. The van der Waals surface area contributed by atoms with Crippen LogP contribution in [0.15, 0.2) is 36.4 Å². The zero-order valence-electron chi connectivity index (χ0n) is 9.71. The summed E-state index contributed by atoms with van der Waals surface area (Å²) in [4.78, 5) is 12.1. The molecule has 0 saturated heterocycles. The fourth-order valence-electron chi connectivity index (χ4n) is 1.68. The Kier molecular flexibility index (Phi) is 3.10. The van der Waals surface area contributed by atoms with Gasteiger partial charge in [-0.25, -0.2) is 8.78 Å². The van der Waals surface area contributed by atoms with Crippen molar-refractivity contribution in [1.29, 1.82) is 0 Å². The number of halogens is 2. The van der Waals surface area contributed by atoms with E-state index in [9.17, 15) is 13.6 Å². The molecule has 0 fully saturated rings. The van der Waals surface area contributed by atoms with Gasteiger partial charge in [-0.1, -0.05) is 11.6 Å². The molecular weight excluding hydrogens is 236 g/mol. The van der Waals surface area contributed by atoms with E-state index in [1.54, 1.807) is 25.1 Å². The standard InChI is InChI=1S/C14H11F2NO/c1-8-2-5-13(17)11(6-8)14(18)10-7-9(15)3-4-12(10)16/h2-7H,17H2,1H3. The highest BCUT2D eigenvalue weighted by Crippen LogP contribution is 2.20. The van der Waals surface area contributed by atoms with E-state index in [-0.39, 0.29) is 16.8 Å². The average molecular weight is 247 g/mol. The molecular formula is C14H11F2NO. The van der Waals surface area contributed by atoms with Gasteiger partial charge in [0.25, 0.3) is 0 Å². The molecule has 92 valence electrons. The van der Waals surface area contributed by atoms with Gasteiger partial charge in [0.05, 0.1) is 5.56 Å². The van der Waals surface area contributed by atoms with Gasteiger partial charge in [0.15, 0.2) is 5.78 Å². The first-order valence-electron chi connectivity index (χ1n) is 5.35. The van der Waals surface area contributed by atoms with Crippen LogP contribution in [0.2, 0.25) is 0 Å². The summed E-state index contributed by atoms with van der Waals surface area (Å²) in [6, 6.07) is 7.63. The lowest BCUT2D eigenvalue weighted by atomic mass is 9.99. The van der Waals surface area contributed by atoms with Crippen molar-refractivity contribution in [3.63, 3.8) is 0 Å². The average Bonchev–Trinajstić information content (AvgIpc) is 2.34. The highest BCUT2D eigenvalue weighted by Gasteiger charge is 2.17. The van der Waals surface area contributed by atoms with Crippen LogP contribution in [0.25, 0.3) is 0 Å². The van der Waals surface area contributed by atoms with E-state index in [1.807, 2.05) is 0 Å². The number of nitrogen functional groups attached to an aromatic ring is 1. The summed E-state index contributed by atoms with van der Waals surface area (Å²) in [5.74, 6) is -2.04. The quantitative estimate of drug-likeness (QED) is 0.654. The van der Waals surface area contributed by atoms with Gasteiger partial charge in [-0.15, -0.1) is 0 Å². The Morgan fingerprint density at radius 1 is 1.06 bits per heavy atom. The molecule has 0 atom stereocenters. The molecule has 0 heterocycles. The second-order valence-electron chi connectivity index (χ2n) is 4.04. The minimum atomic E-state index is -0.762. The van der Waals surface area contributed by atoms with Crippen molar-refractivity contribution in [3.8, 4) is 0 Å². The van der Waals surface area contributed by atoms with Crippen molar-refractivity contribution >= 4 is 11.5 Å². The van der Waals surface area contributed by atoms with Crippen LogP contribution in [-0.4, -0.2) is 5.78 Å². The minimum absolute atomic E-state index is 0.180. The van der Waals surface area contributed by atoms with Crippen LogP contribution in [0.3, 0.4) is 0 Å². The zero-order valence-corrected chi connectivity index (χ0v) is 9.71. The minimum Gasteiger partial charge on any atom is -0.398 e. The van der Waals surface area contributed by atoms with E-state index in [0.717, 1.165) is 23.8 Å². The van der Waals surface area contributed by atoms with Crippen molar-refractivity contribution in [3.05, 3.63) is 64.7 Å². The number of carbonyl (C=O) groups excluding carboxylic acids is 1. The van der Waals surface area contributed by atoms with E-state index < -0.39 is 17.4 Å². The highest BCUT2D eigenvalue weighted by molar-refractivity contribution is 6.12. The number of ketones is 1. The Bertz CT molecular complexity index is 570. The molecule has 2 nitrogen and oxygen atoms in total. The van der Waals surface area contributed by atoms with Crippen molar-refractivity contribution in [1.82, 2.24) is 0 Å². The topological polar surface area (TPSA) is 43.1 Å². The van der Waals surface area contributed by atoms with Crippen molar-refractivity contribution in [2.45, 2.75) is 6.92 Å². The maximum absolute atomic E-state index is 13.5. The van der Waals surface area contributed by atoms with Crippen LogP contribution in [0, 0.1) is 18.6 Å². The van der Waals surface area contributed by atoms with Crippen molar-refractivity contribution in [2.24, 2.45) is 0 Å². The Morgan fingerprint density at radius 3 is 2.50 bits per heavy atom. The summed E-state index contributed by atoms with van der Waals surface area (Å²) < 4.78 is 26.6. The molecule has 0 saturated carbocycles. The number of anilines is 1. The third kappa shape index (κ3) is 2.22. The number of nitrogens with two attached hydrogens (primary N) is 1. The maximum Gasteiger partial charge on any atom is 0.198 e. The van der Waals surface area contributed by atoms with Crippen LogP contribution < -0.4 is 5.73 Å². The Labute approximate surface area is 103 Å². The van der Waals surface area contributed by atoms with E-state index in [4.69, 9.17) is 5.73 Å². The largest absolute Gasteiger partial charge is 0.398 e. The summed E-state index contributed by atoms with van der Waals surface area (Å²) in [6.45, 7) is 1.79. The van der Waals surface area contributed by atoms with Crippen LogP contribution in [-0.2, 0) is 0 Å². The number of aryl methyl sites for hydroxylation is 1. The molecule has 4 heteroatoms. The lowest BCUT2D eigenvalue weighted by Gasteiger charge is -2.07. The molecule has 0 aliphatic rings. The number of hydrogen-bond donors (Lipinski definition) is 1. The van der Waals surface area contributed by atoms with Gasteiger partial charge in [0.2, 0.25) is 0 Å². The summed E-state index contributed by atoms with van der Waals surface area (Å²) >= 11 is 0. The van der Waals surface area contributed by atoms with Crippen molar-refractivity contribution in [2.75, 3.05) is 5.73 Å². The lowest BCUT2D eigenvalue weighted by Crippen LogP contribution is -2.08. The molecule has 2 N–H and O–H groups in total. The fourth-order valence-corrected chi connectivity index (χ4v) is 1.68. The molecule has 0 aromatic heterocycles. The van der Waals surface area contributed by atoms with Gasteiger partial charge >= 0.3 is 0 Å². The summed E-state index contributed by atoms with van der Waals surface area (Å²) in [5, 5.41) is 0. The molecule has 2 aromatic rings. The molecule has 2 rings (SSSR count). The van der Waals surface area contributed by atoms with Gasteiger partial charge in [-0.3, -0.25) is 4.79 Å². The maximum atomic E-state index is 13.5. The smallest absolute Gasteiger partial charge is 0.198 e. The molecule has 2 aromatic carbocycles. The van der Waals surface area contributed by atoms with Gasteiger partial charge in [0.1, 0.15) is 11.6 Å². The van der Waals surface area contributed by atoms with E-state index in [1.165, 1.54) is 0 Å². The molecule has 0 radical (unpaired) electrons. The molecule has 0 unspecified atom stereocenters.